The van der Waals surface area contributed by atoms with E-state index in [0.29, 0.717) is 25.8 Å². The largest absolute Gasteiger partial charge is 0.355 e. The number of benzene rings is 1. The zero-order chi connectivity index (χ0) is 16.0. The Hall–Kier alpha value is -1.84. The molecule has 0 unspecified atom stereocenters. The van der Waals surface area contributed by atoms with Gasteiger partial charge in [0, 0.05) is 30.8 Å². The molecule has 4 nitrogen and oxygen atoms in total. The van der Waals surface area contributed by atoms with Crippen LogP contribution >= 0.6 is 0 Å². The summed E-state index contributed by atoms with van der Waals surface area (Å²) in [5, 5.41) is 5.86. The molecule has 1 aliphatic carbocycles. The van der Waals surface area contributed by atoms with Crippen LogP contribution in [0.1, 0.15) is 51.5 Å². The standard InChI is InChI=1S/C18H26N2O2/c1-14(2)20-17(22)10-6-9-16(21)19-13-18(11-12-18)15-7-4-3-5-8-15/h3-5,7-8,14H,6,9-13H2,1-2H3,(H,19,21)(H,20,22). The van der Waals surface area contributed by atoms with Crippen LogP contribution in [0.25, 0.3) is 0 Å². The van der Waals surface area contributed by atoms with Crippen molar-refractivity contribution >= 4 is 11.8 Å². The van der Waals surface area contributed by atoms with Gasteiger partial charge in [-0.15, -0.1) is 0 Å². The lowest BCUT2D eigenvalue weighted by Gasteiger charge is -2.16. The fourth-order valence-corrected chi connectivity index (χ4v) is 2.67. The van der Waals surface area contributed by atoms with Crippen molar-refractivity contribution in [3.8, 4) is 0 Å². The third-order valence-electron chi connectivity index (χ3n) is 4.12. The van der Waals surface area contributed by atoms with Crippen molar-refractivity contribution in [2.45, 2.75) is 57.4 Å². The van der Waals surface area contributed by atoms with Crippen molar-refractivity contribution in [3.05, 3.63) is 35.9 Å². The molecular weight excluding hydrogens is 276 g/mol. The van der Waals surface area contributed by atoms with Gasteiger partial charge in [-0.05, 0) is 38.7 Å². The second kappa shape index (κ2) is 7.43. The van der Waals surface area contributed by atoms with E-state index in [4.69, 9.17) is 0 Å². The number of rotatable bonds is 8. The average molecular weight is 302 g/mol. The van der Waals surface area contributed by atoms with Gasteiger partial charge in [0.15, 0.2) is 0 Å². The fourth-order valence-electron chi connectivity index (χ4n) is 2.67. The van der Waals surface area contributed by atoms with Crippen molar-refractivity contribution in [2.75, 3.05) is 6.54 Å². The first-order valence-corrected chi connectivity index (χ1v) is 8.13. The summed E-state index contributed by atoms with van der Waals surface area (Å²) >= 11 is 0. The zero-order valence-corrected chi connectivity index (χ0v) is 13.5. The quantitative estimate of drug-likeness (QED) is 0.775. The maximum absolute atomic E-state index is 11.9. The summed E-state index contributed by atoms with van der Waals surface area (Å²) < 4.78 is 0. The highest BCUT2D eigenvalue weighted by Gasteiger charge is 2.44. The van der Waals surface area contributed by atoms with Crippen LogP contribution in [0.15, 0.2) is 30.3 Å². The van der Waals surface area contributed by atoms with Gasteiger partial charge in [0.2, 0.25) is 11.8 Å². The first-order valence-electron chi connectivity index (χ1n) is 8.13. The van der Waals surface area contributed by atoms with Crippen LogP contribution in [-0.2, 0) is 15.0 Å². The van der Waals surface area contributed by atoms with Gasteiger partial charge in [0.1, 0.15) is 0 Å². The summed E-state index contributed by atoms with van der Waals surface area (Å²) in [6, 6.07) is 10.5. The van der Waals surface area contributed by atoms with Gasteiger partial charge in [0.05, 0.1) is 0 Å². The van der Waals surface area contributed by atoms with E-state index in [9.17, 15) is 9.59 Å². The Labute approximate surface area is 132 Å². The third-order valence-corrected chi connectivity index (χ3v) is 4.12. The minimum atomic E-state index is 0.0192. The molecular formula is C18H26N2O2. The molecule has 1 aliphatic rings. The molecule has 1 fully saturated rings. The van der Waals surface area contributed by atoms with Gasteiger partial charge in [0.25, 0.3) is 0 Å². The third kappa shape index (κ3) is 4.86. The highest BCUT2D eigenvalue weighted by molar-refractivity contribution is 5.79. The lowest BCUT2D eigenvalue weighted by atomic mass is 9.96. The maximum Gasteiger partial charge on any atom is 0.220 e. The molecule has 0 aliphatic heterocycles. The van der Waals surface area contributed by atoms with E-state index in [0.717, 1.165) is 12.8 Å². The SMILES string of the molecule is CC(C)NC(=O)CCCC(=O)NCC1(c2ccccc2)CC1. The van der Waals surface area contributed by atoms with Gasteiger partial charge in [-0.3, -0.25) is 9.59 Å². The van der Waals surface area contributed by atoms with Crippen LogP contribution < -0.4 is 10.6 Å². The number of hydrogen-bond acceptors (Lipinski definition) is 2. The normalized spacial score (nSPS) is 15.4. The van der Waals surface area contributed by atoms with Gasteiger partial charge in [-0.2, -0.15) is 0 Å². The Balaban J connectivity index is 1.67. The van der Waals surface area contributed by atoms with E-state index in [1.807, 2.05) is 32.0 Å². The first-order chi connectivity index (χ1) is 10.5. The molecule has 1 saturated carbocycles. The summed E-state index contributed by atoms with van der Waals surface area (Å²) in [6.45, 7) is 4.57. The summed E-state index contributed by atoms with van der Waals surface area (Å²) in [5.41, 5.74) is 1.46. The molecule has 2 amide bonds. The van der Waals surface area contributed by atoms with Gasteiger partial charge in [-0.25, -0.2) is 0 Å². The second-order valence-electron chi connectivity index (χ2n) is 6.50. The summed E-state index contributed by atoms with van der Waals surface area (Å²) in [6.07, 6.45) is 3.69. The van der Waals surface area contributed by atoms with Gasteiger partial charge in [-0.1, -0.05) is 30.3 Å². The van der Waals surface area contributed by atoms with Crippen LogP contribution in [0.4, 0.5) is 0 Å². The molecule has 4 heteroatoms. The molecule has 0 heterocycles. The molecule has 2 rings (SSSR count). The minimum absolute atomic E-state index is 0.0192. The van der Waals surface area contributed by atoms with Crippen LogP contribution in [-0.4, -0.2) is 24.4 Å². The average Bonchev–Trinajstić information content (AvgIpc) is 3.26. The molecule has 0 spiro atoms. The Morgan fingerprint density at radius 3 is 2.32 bits per heavy atom. The molecule has 0 bridgehead atoms. The van der Waals surface area contributed by atoms with Crippen molar-refractivity contribution in [3.63, 3.8) is 0 Å². The molecule has 0 aromatic heterocycles. The van der Waals surface area contributed by atoms with Crippen molar-refractivity contribution < 1.29 is 9.59 Å². The maximum atomic E-state index is 11.9. The van der Waals surface area contributed by atoms with Gasteiger partial charge >= 0.3 is 0 Å². The van der Waals surface area contributed by atoms with Crippen LogP contribution in [0.3, 0.4) is 0 Å². The zero-order valence-electron chi connectivity index (χ0n) is 13.5. The lowest BCUT2D eigenvalue weighted by Crippen LogP contribution is -2.33. The number of nitrogens with one attached hydrogen (secondary N) is 2. The van der Waals surface area contributed by atoms with Crippen molar-refractivity contribution in [1.29, 1.82) is 0 Å². The first kappa shape index (κ1) is 16.5. The number of carbonyl (C=O) groups is 2. The molecule has 0 saturated heterocycles. The molecule has 0 radical (unpaired) electrons. The van der Waals surface area contributed by atoms with E-state index in [-0.39, 0.29) is 23.3 Å². The smallest absolute Gasteiger partial charge is 0.220 e. The topological polar surface area (TPSA) is 58.2 Å². The second-order valence-corrected chi connectivity index (χ2v) is 6.50. The Morgan fingerprint density at radius 2 is 1.73 bits per heavy atom. The van der Waals surface area contributed by atoms with E-state index >= 15 is 0 Å². The number of amides is 2. The molecule has 120 valence electrons. The number of carbonyl (C=O) groups excluding carboxylic acids is 2. The minimum Gasteiger partial charge on any atom is -0.355 e. The molecule has 0 atom stereocenters. The predicted octanol–water partition coefficient (Wildman–Crippen LogP) is 2.53. The van der Waals surface area contributed by atoms with Crippen molar-refractivity contribution in [1.82, 2.24) is 10.6 Å². The molecule has 1 aromatic carbocycles. The molecule has 2 N–H and O–H groups in total. The summed E-state index contributed by atoms with van der Waals surface area (Å²) in [5.74, 6) is 0.0605. The van der Waals surface area contributed by atoms with E-state index in [1.54, 1.807) is 0 Å². The monoisotopic (exact) mass is 302 g/mol. The van der Waals surface area contributed by atoms with E-state index < -0.39 is 0 Å². The van der Waals surface area contributed by atoms with Crippen LogP contribution in [0.5, 0.6) is 0 Å². The Bertz CT molecular complexity index is 507. The lowest BCUT2D eigenvalue weighted by molar-refractivity contribution is -0.122. The Morgan fingerprint density at radius 1 is 1.09 bits per heavy atom. The summed E-state index contributed by atoms with van der Waals surface area (Å²) in [4.78, 5) is 23.4. The van der Waals surface area contributed by atoms with Gasteiger partial charge < -0.3 is 10.6 Å². The fraction of sp³-hybridized carbons (Fsp3) is 0.556. The van der Waals surface area contributed by atoms with E-state index in [1.165, 1.54) is 5.56 Å². The van der Waals surface area contributed by atoms with Crippen molar-refractivity contribution in [2.24, 2.45) is 0 Å². The molecule has 1 aromatic rings. The summed E-state index contributed by atoms with van der Waals surface area (Å²) in [7, 11) is 0. The molecule has 22 heavy (non-hydrogen) atoms. The van der Waals surface area contributed by atoms with Crippen LogP contribution in [0.2, 0.25) is 0 Å². The van der Waals surface area contributed by atoms with E-state index in [2.05, 4.69) is 22.8 Å². The number of hydrogen-bond donors (Lipinski definition) is 2. The Kier molecular flexibility index (Phi) is 5.58. The van der Waals surface area contributed by atoms with Crippen LogP contribution in [0, 0.1) is 0 Å². The predicted molar refractivity (Wildman–Crippen MR) is 87.5 cm³/mol. The highest BCUT2D eigenvalue weighted by Crippen LogP contribution is 2.47. The highest BCUT2D eigenvalue weighted by atomic mass is 16.2.